The maximum absolute atomic E-state index is 11.1. The van der Waals surface area contributed by atoms with Crippen LogP contribution in [0.15, 0.2) is 36.7 Å². The van der Waals surface area contributed by atoms with E-state index in [0.29, 0.717) is 22.3 Å². The number of nitrogens with one attached hydrogen (secondary N) is 1. The molecule has 4 nitrogen and oxygen atoms in total. The van der Waals surface area contributed by atoms with Gasteiger partial charge in [0.1, 0.15) is 17.1 Å². The molecule has 0 atom stereocenters. The standard InChI is InChI=1S/C13H8ClN3O/c14-12-9(6-18)10-11(8-4-2-1-3-5-8)15-7-16-13(10)17-12/h1-7H,(H,15,16,17). The summed E-state index contributed by atoms with van der Waals surface area (Å²) in [5, 5.41) is 0.946. The third-order valence-electron chi connectivity index (χ3n) is 2.75. The Labute approximate surface area is 108 Å². The van der Waals surface area contributed by atoms with Gasteiger partial charge in [-0.15, -0.1) is 0 Å². The maximum atomic E-state index is 11.1. The summed E-state index contributed by atoms with van der Waals surface area (Å²) in [6.45, 7) is 0. The molecule has 2 heterocycles. The first-order chi connectivity index (χ1) is 8.81. The molecule has 0 aliphatic carbocycles. The lowest BCUT2D eigenvalue weighted by molar-refractivity contribution is 0.112. The molecule has 3 aromatic rings. The van der Waals surface area contributed by atoms with E-state index in [0.717, 1.165) is 11.8 Å². The number of aromatic amines is 1. The van der Waals surface area contributed by atoms with Crippen LogP contribution in [0.5, 0.6) is 0 Å². The number of benzene rings is 1. The van der Waals surface area contributed by atoms with E-state index in [-0.39, 0.29) is 5.15 Å². The van der Waals surface area contributed by atoms with Crippen LogP contribution in [0.4, 0.5) is 0 Å². The van der Waals surface area contributed by atoms with Crippen molar-refractivity contribution >= 4 is 28.9 Å². The molecule has 0 saturated carbocycles. The lowest BCUT2D eigenvalue weighted by Crippen LogP contribution is -1.89. The zero-order valence-electron chi connectivity index (χ0n) is 9.22. The Kier molecular flexibility index (Phi) is 2.57. The van der Waals surface area contributed by atoms with Crippen LogP contribution in [0, 0.1) is 0 Å². The number of hydrogen-bond donors (Lipinski definition) is 1. The smallest absolute Gasteiger partial charge is 0.153 e. The third kappa shape index (κ3) is 1.58. The van der Waals surface area contributed by atoms with Crippen LogP contribution < -0.4 is 0 Å². The fourth-order valence-electron chi connectivity index (χ4n) is 1.94. The van der Waals surface area contributed by atoms with Crippen LogP contribution in [-0.4, -0.2) is 21.2 Å². The summed E-state index contributed by atoms with van der Waals surface area (Å²) in [7, 11) is 0. The monoisotopic (exact) mass is 257 g/mol. The van der Waals surface area contributed by atoms with Gasteiger partial charge in [0, 0.05) is 5.56 Å². The van der Waals surface area contributed by atoms with E-state index in [9.17, 15) is 4.79 Å². The van der Waals surface area contributed by atoms with Gasteiger partial charge >= 0.3 is 0 Å². The molecular formula is C13H8ClN3O. The highest BCUT2D eigenvalue weighted by Crippen LogP contribution is 2.30. The highest BCUT2D eigenvalue weighted by atomic mass is 35.5. The van der Waals surface area contributed by atoms with Crippen molar-refractivity contribution in [3.8, 4) is 11.3 Å². The molecule has 1 aromatic carbocycles. The first-order valence-electron chi connectivity index (χ1n) is 5.34. The van der Waals surface area contributed by atoms with E-state index in [2.05, 4.69) is 15.0 Å². The average Bonchev–Trinajstić information content (AvgIpc) is 2.74. The lowest BCUT2D eigenvalue weighted by atomic mass is 10.1. The molecule has 88 valence electrons. The molecule has 1 N–H and O–H groups in total. The molecular weight excluding hydrogens is 250 g/mol. The van der Waals surface area contributed by atoms with Crippen molar-refractivity contribution in [1.82, 2.24) is 15.0 Å². The lowest BCUT2D eigenvalue weighted by Gasteiger charge is -2.02. The first-order valence-corrected chi connectivity index (χ1v) is 5.72. The van der Waals surface area contributed by atoms with E-state index in [1.54, 1.807) is 0 Å². The van der Waals surface area contributed by atoms with Crippen molar-refractivity contribution in [1.29, 1.82) is 0 Å². The maximum Gasteiger partial charge on any atom is 0.153 e. The van der Waals surface area contributed by atoms with Crippen molar-refractivity contribution in [2.75, 3.05) is 0 Å². The number of rotatable bonds is 2. The molecule has 0 amide bonds. The SMILES string of the molecule is O=Cc1c(Cl)[nH]c2ncnc(-c3ccccc3)c12. The van der Waals surface area contributed by atoms with Crippen LogP contribution in [0.2, 0.25) is 5.15 Å². The Morgan fingerprint density at radius 3 is 2.67 bits per heavy atom. The molecule has 0 fully saturated rings. The minimum absolute atomic E-state index is 0.290. The largest absolute Gasteiger partial charge is 0.330 e. The van der Waals surface area contributed by atoms with Gasteiger partial charge in [0.05, 0.1) is 16.6 Å². The van der Waals surface area contributed by atoms with Gasteiger partial charge < -0.3 is 4.98 Å². The number of H-pyrrole nitrogens is 1. The normalized spacial score (nSPS) is 10.7. The molecule has 5 heteroatoms. The summed E-state index contributed by atoms with van der Waals surface area (Å²) < 4.78 is 0. The third-order valence-corrected chi connectivity index (χ3v) is 3.04. The zero-order chi connectivity index (χ0) is 12.5. The molecule has 0 aliphatic rings. The second-order valence-corrected chi connectivity index (χ2v) is 4.16. The number of carbonyl (C=O) groups is 1. The van der Waals surface area contributed by atoms with Crippen molar-refractivity contribution < 1.29 is 4.79 Å². The van der Waals surface area contributed by atoms with Gasteiger partial charge in [-0.1, -0.05) is 41.9 Å². The Morgan fingerprint density at radius 1 is 1.17 bits per heavy atom. The van der Waals surface area contributed by atoms with Crippen molar-refractivity contribution in [2.24, 2.45) is 0 Å². The van der Waals surface area contributed by atoms with Gasteiger partial charge in [-0.3, -0.25) is 4.79 Å². The Balaban J connectivity index is 2.40. The fraction of sp³-hybridized carbons (Fsp3) is 0. The quantitative estimate of drug-likeness (QED) is 0.718. The molecule has 0 unspecified atom stereocenters. The molecule has 0 saturated heterocycles. The molecule has 0 spiro atoms. The average molecular weight is 258 g/mol. The Bertz CT molecular complexity index is 722. The van der Waals surface area contributed by atoms with E-state index >= 15 is 0 Å². The minimum Gasteiger partial charge on any atom is -0.330 e. The van der Waals surface area contributed by atoms with E-state index < -0.39 is 0 Å². The predicted molar refractivity (Wildman–Crippen MR) is 69.7 cm³/mol. The summed E-state index contributed by atoms with van der Waals surface area (Å²) in [4.78, 5) is 22.3. The number of aldehydes is 1. The number of nitrogens with zero attached hydrogens (tertiary/aromatic N) is 2. The number of aromatic nitrogens is 3. The molecule has 2 aromatic heterocycles. The van der Waals surface area contributed by atoms with Crippen LogP contribution >= 0.6 is 11.6 Å². The van der Waals surface area contributed by atoms with Crippen LogP contribution in [0.3, 0.4) is 0 Å². The summed E-state index contributed by atoms with van der Waals surface area (Å²) in [6, 6.07) is 9.61. The van der Waals surface area contributed by atoms with Gasteiger partial charge in [0.15, 0.2) is 6.29 Å². The van der Waals surface area contributed by atoms with E-state index in [1.807, 2.05) is 30.3 Å². The summed E-state index contributed by atoms with van der Waals surface area (Å²) in [5.74, 6) is 0. The summed E-state index contributed by atoms with van der Waals surface area (Å²) in [5.41, 5.74) is 2.58. The number of carbonyl (C=O) groups excluding carboxylic acids is 1. The highest BCUT2D eigenvalue weighted by Gasteiger charge is 2.15. The van der Waals surface area contributed by atoms with Crippen LogP contribution in [0.1, 0.15) is 10.4 Å². The minimum atomic E-state index is 0.290. The van der Waals surface area contributed by atoms with Crippen molar-refractivity contribution in [3.05, 3.63) is 47.4 Å². The number of fused-ring (bicyclic) bond motifs is 1. The molecule has 0 radical (unpaired) electrons. The number of halogens is 1. The van der Waals surface area contributed by atoms with Crippen LogP contribution in [-0.2, 0) is 0 Å². The van der Waals surface area contributed by atoms with Crippen LogP contribution in [0.25, 0.3) is 22.3 Å². The topological polar surface area (TPSA) is 58.6 Å². The second-order valence-electron chi connectivity index (χ2n) is 3.78. The predicted octanol–water partition coefficient (Wildman–Crippen LogP) is 3.09. The first kappa shape index (κ1) is 10.9. The molecule has 0 aliphatic heterocycles. The van der Waals surface area contributed by atoms with Gasteiger partial charge in [0.25, 0.3) is 0 Å². The fourth-order valence-corrected chi connectivity index (χ4v) is 2.17. The number of hydrogen-bond acceptors (Lipinski definition) is 3. The highest BCUT2D eigenvalue weighted by molar-refractivity contribution is 6.34. The summed E-state index contributed by atoms with van der Waals surface area (Å²) in [6.07, 6.45) is 2.17. The second kappa shape index (κ2) is 4.23. The Morgan fingerprint density at radius 2 is 1.94 bits per heavy atom. The molecule has 18 heavy (non-hydrogen) atoms. The Hall–Kier alpha value is -2.20. The molecule has 0 bridgehead atoms. The van der Waals surface area contributed by atoms with Gasteiger partial charge in [-0.25, -0.2) is 9.97 Å². The molecule has 3 rings (SSSR count). The van der Waals surface area contributed by atoms with Crippen molar-refractivity contribution in [2.45, 2.75) is 0 Å². The van der Waals surface area contributed by atoms with E-state index in [1.165, 1.54) is 6.33 Å². The van der Waals surface area contributed by atoms with Gasteiger partial charge in [0.2, 0.25) is 0 Å². The van der Waals surface area contributed by atoms with Gasteiger partial charge in [-0.2, -0.15) is 0 Å². The van der Waals surface area contributed by atoms with E-state index in [4.69, 9.17) is 11.6 Å². The van der Waals surface area contributed by atoms with Gasteiger partial charge in [-0.05, 0) is 0 Å². The zero-order valence-corrected chi connectivity index (χ0v) is 9.98. The van der Waals surface area contributed by atoms with Crippen molar-refractivity contribution in [3.63, 3.8) is 0 Å². The summed E-state index contributed by atoms with van der Waals surface area (Å²) >= 11 is 5.97.